The van der Waals surface area contributed by atoms with Crippen LogP contribution in [0.15, 0.2) is 0 Å². The average molecular weight is 242 g/mol. The summed E-state index contributed by atoms with van der Waals surface area (Å²) in [5.41, 5.74) is 0. The van der Waals surface area contributed by atoms with Crippen molar-refractivity contribution in [1.29, 1.82) is 0 Å². The molecule has 0 amide bonds. The van der Waals surface area contributed by atoms with E-state index in [1.807, 2.05) is 0 Å². The van der Waals surface area contributed by atoms with E-state index in [-0.39, 0.29) is 13.0 Å². The van der Waals surface area contributed by atoms with E-state index in [9.17, 15) is 22.8 Å². The molecule has 1 N–H and O–H groups in total. The quantitative estimate of drug-likeness (QED) is 0.571. The third kappa shape index (κ3) is 6.26. The smallest absolute Gasteiger partial charge is 0.389 e. The minimum atomic E-state index is -4.34. The van der Waals surface area contributed by atoms with Gasteiger partial charge in [-0.2, -0.15) is 13.2 Å². The number of alkyl halides is 3. The zero-order valence-corrected chi connectivity index (χ0v) is 8.71. The van der Waals surface area contributed by atoms with Crippen molar-refractivity contribution < 1.29 is 32.6 Å². The normalized spacial score (nSPS) is 13.2. The van der Waals surface area contributed by atoms with Crippen molar-refractivity contribution in [3.05, 3.63) is 0 Å². The van der Waals surface area contributed by atoms with Crippen LogP contribution in [0.4, 0.5) is 13.2 Å². The molecule has 0 saturated heterocycles. The van der Waals surface area contributed by atoms with Gasteiger partial charge in [-0.05, 0) is 19.8 Å². The van der Waals surface area contributed by atoms with E-state index in [1.54, 1.807) is 0 Å². The Balaban J connectivity index is 4.15. The molecule has 0 bridgehead atoms. The number of carboxylic acid groups (broad SMARTS) is 1. The SMILES string of the molecule is CCOC(=O)C(CCCC(F)(F)F)C(=O)O. The van der Waals surface area contributed by atoms with Gasteiger partial charge in [0.05, 0.1) is 6.61 Å². The minimum absolute atomic E-state index is 0.00187. The zero-order valence-electron chi connectivity index (χ0n) is 8.71. The third-order valence-electron chi connectivity index (χ3n) is 1.82. The van der Waals surface area contributed by atoms with E-state index in [0.29, 0.717) is 0 Å². The molecule has 0 aliphatic heterocycles. The van der Waals surface area contributed by atoms with Gasteiger partial charge >= 0.3 is 18.1 Å². The van der Waals surface area contributed by atoms with Gasteiger partial charge in [-0.1, -0.05) is 0 Å². The predicted molar refractivity (Wildman–Crippen MR) is 47.7 cm³/mol. The van der Waals surface area contributed by atoms with Gasteiger partial charge < -0.3 is 9.84 Å². The number of rotatable bonds is 6. The van der Waals surface area contributed by atoms with E-state index in [1.165, 1.54) is 6.92 Å². The molecule has 0 rings (SSSR count). The molecule has 1 atom stereocenters. The highest BCUT2D eigenvalue weighted by atomic mass is 19.4. The van der Waals surface area contributed by atoms with Crippen molar-refractivity contribution in [2.75, 3.05) is 6.61 Å². The molecule has 16 heavy (non-hydrogen) atoms. The second kappa shape index (κ2) is 6.34. The van der Waals surface area contributed by atoms with Crippen LogP contribution in [0.3, 0.4) is 0 Å². The van der Waals surface area contributed by atoms with Crippen LogP contribution in [0.5, 0.6) is 0 Å². The molecule has 94 valence electrons. The van der Waals surface area contributed by atoms with Crippen LogP contribution in [-0.4, -0.2) is 29.8 Å². The molecule has 0 spiro atoms. The van der Waals surface area contributed by atoms with E-state index in [0.717, 1.165) is 0 Å². The maximum absolute atomic E-state index is 11.8. The van der Waals surface area contributed by atoms with Crippen molar-refractivity contribution >= 4 is 11.9 Å². The van der Waals surface area contributed by atoms with Gasteiger partial charge in [0.2, 0.25) is 0 Å². The molecule has 0 aromatic rings. The fraction of sp³-hybridized carbons (Fsp3) is 0.778. The number of hydrogen-bond donors (Lipinski definition) is 1. The molecule has 0 aromatic carbocycles. The molecule has 7 heteroatoms. The summed E-state index contributed by atoms with van der Waals surface area (Å²) >= 11 is 0. The first-order valence-corrected chi connectivity index (χ1v) is 4.74. The van der Waals surface area contributed by atoms with Gasteiger partial charge in [-0.25, -0.2) is 0 Å². The lowest BCUT2D eigenvalue weighted by molar-refractivity contribution is -0.160. The summed E-state index contributed by atoms with van der Waals surface area (Å²) < 4.78 is 39.8. The molecule has 4 nitrogen and oxygen atoms in total. The van der Waals surface area contributed by atoms with Gasteiger partial charge in [0.1, 0.15) is 0 Å². The first kappa shape index (κ1) is 14.7. The Morgan fingerprint density at radius 1 is 1.38 bits per heavy atom. The highest BCUT2D eigenvalue weighted by Crippen LogP contribution is 2.24. The Morgan fingerprint density at radius 3 is 2.31 bits per heavy atom. The van der Waals surface area contributed by atoms with Gasteiger partial charge in [0.15, 0.2) is 5.92 Å². The Morgan fingerprint density at radius 2 is 1.94 bits per heavy atom. The molecule has 0 fully saturated rings. The number of aliphatic carboxylic acids is 1. The summed E-state index contributed by atoms with van der Waals surface area (Å²) in [4.78, 5) is 21.6. The summed E-state index contributed by atoms with van der Waals surface area (Å²) in [6.45, 7) is 1.49. The topological polar surface area (TPSA) is 63.6 Å². The summed E-state index contributed by atoms with van der Waals surface area (Å²) in [5.74, 6) is -3.96. The van der Waals surface area contributed by atoms with Crippen molar-refractivity contribution in [2.45, 2.75) is 32.4 Å². The van der Waals surface area contributed by atoms with Gasteiger partial charge in [0, 0.05) is 6.42 Å². The number of halogens is 3. The number of carbonyl (C=O) groups is 2. The standard InChI is InChI=1S/C9H13F3O4/c1-2-16-8(15)6(7(13)14)4-3-5-9(10,11)12/h6H,2-5H2,1H3,(H,13,14). The van der Waals surface area contributed by atoms with Crippen LogP contribution >= 0.6 is 0 Å². The maximum atomic E-state index is 11.8. The summed E-state index contributed by atoms with van der Waals surface area (Å²) in [5, 5.41) is 8.62. The van der Waals surface area contributed by atoms with Crippen molar-refractivity contribution in [3.63, 3.8) is 0 Å². The number of hydrogen-bond acceptors (Lipinski definition) is 3. The minimum Gasteiger partial charge on any atom is -0.481 e. The van der Waals surface area contributed by atoms with Gasteiger partial charge in [0.25, 0.3) is 0 Å². The van der Waals surface area contributed by atoms with Crippen LogP contribution in [0, 0.1) is 5.92 Å². The average Bonchev–Trinajstić information content (AvgIpc) is 2.10. The van der Waals surface area contributed by atoms with Crippen LogP contribution in [0.1, 0.15) is 26.2 Å². The summed E-state index contributed by atoms with van der Waals surface area (Å²) in [6.07, 6.45) is -6.21. The second-order valence-corrected chi connectivity index (χ2v) is 3.15. The van der Waals surface area contributed by atoms with E-state index in [2.05, 4.69) is 4.74 Å². The molecule has 0 heterocycles. The van der Waals surface area contributed by atoms with E-state index < -0.39 is 36.9 Å². The zero-order chi connectivity index (χ0) is 12.8. The lowest BCUT2D eigenvalue weighted by atomic mass is 10.0. The number of ether oxygens (including phenoxy) is 1. The third-order valence-corrected chi connectivity index (χ3v) is 1.82. The van der Waals surface area contributed by atoms with Crippen molar-refractivity contribution in [3.8, 4) is 0 Å². The molecule has 0 saturated carbocycles. The first-order chi connectivity index (χ1) is 7.28. The second-order valence-electron chi connectivity index (χ2n) is 3.15. The number of carbonyl (C=O) groups excluding carboxylic acids is 1. The van der Waals surface area contributed by atoms with Gasteiger partial charge in [-0.15, -0.1) is 0 Å². The van der Waals surface area contributed by atoms with Crippen LogP contribution in [0.25, 0.3) is 0 Å². The Hall–Kier alpha value is -1.27. The Kier molecular flexibility index (Phi) is 5.84. The first-order valence-electron chi connectivity index (χ1n) is 4.74. The summed E-state index contributed by atoms with van der Waals surface area (Å²) in [6, 6.07) is 0. The largest absolute Gasteiger partial charge is 0.481 e. The maximum Gasteiger partial charge on any atom is 0.389 e. The van der Waals surface area contributed by atoms with Crippen LogP contribution in [0.2, 0.25) is 0 Å². The molecular weight excluding hydrogens is 229 g/mol. The van der Waals surface area contributed by atoms with Crippen molar-refractivity contribution in [1.82, 2.24) is 0 Å². The van der Waals surface area contributed by atoms with Crippen LogP contribution < -0.4 is 0 Å². The highest BCUT2D eigenvalue weighted by molar-refractivity contribution is 5.93. The summed E-state index contributed by atoms with van der Waals surface area (Å²) in [7, 11) is 0. The number of esters is 1. The molecule has 0 radical (unpaired) electrons. The Bertz CT molecular complexity index is 250. The highest BCUT2D eigenvalue weighted by Gasteiger charge is 2.31. The molecule has 0 aliphatic carbocycles. The fourth-order valence-corrected chi connectivity index (χ4v) is 1.09. The van der Waals surface area contributed by atoms with Crippen LogP contribution in [-0.2, 0) is 14.3 Å². The van der Waals surface area contributed by atoms with E-state index >= 15 is 0 Å². The lowest BCUT2D eigenvalue weighted by Gasteiger charge is -2.11. The van der Waals surface area contributed by atoms with E-state index in [4.69, 9.17) is 5.11 Å². The predicted octanol–water partition coefficient (Wildman–Crippen LogP) is 1.98. The number of carboxylic acids is 1. The van der Waals surface area contributed by atoms with Gasteiger partial charge in [-0.3, -0.25) is 9.59 Å². The monoisotopic (exact) mass is 242 g/mol. The molecule has 0 aliphatic rings. The Labute approximate surface area is 90.4 Å². The lowest BCUT2D eigenvalue weighted by Crippen LogP contribution is -2.26. The fourth-order valence-electron chi connectivity index (χ4n) is 1.09. The van der Waals surface area contributed by atoms with Crippen molar-refractivity contribution in [2.24, 2.45) is 5.92 Å². The molecule has 0 aromatic heterocycles. The molecule has 1 unspecified atom stereocenters. The molecular formula is C9H13F3O4.